The van der Waals surface area contributed by atoms with Gasteiger partial charge in [-0.3, -0.25) is 0 Å². The molecule has 112 valence electrons. The zero-order valence-electron chi connectivity index (χ0n) is 13.8. The van der Waals surface area contributed by atoms with Gasteiger partial charge in [0, 0.05) is 25.6 Å². The van der Waals surface area contributed by atoms with Gasteiger partial charge in [-0.25, -0.2) is 9.97 Å². The number of rotatable bonds is 5. The minimum Gasteiger partial charge on any atom is -0.373 e. The van der Waals surface area contributed by atoms with Crippen molar-refractivity contribution in [2.45, 2.75) is 47.5 Å². The van der Waals surface area contributed by atoms with Crippen LogP contribution in [0.3, 0.4) is 0 Å². The van der Waals surface area contributed by atoms with Gasteiger partial charge in [-0.05, 0) is 16.7 Å². The molecule has 0 unspecified atom stereocenters. The fraction of sp³-hybridized carbons (Fsp3) is 0.750. The topological polar surface area (TPSA) is 49.8 Å². The first-order valence-electron chi connectivity index (χ1n) is 7.50. The second kappa shape index (κ2) is 4.90. The quantitative estimate of drug-likeness (QED) is 0.860. The maximum atomic E-state index is 4.61. The van der Waals surface area contributed by atoms with Gasteiger partial charge in [0.05, 0.1) is 0 Å². The van der Waals surface area contributed by atoms with Crippen LogP contribution in [0.25, 0.3) is 0 Å². The van der Waals surface area contributed by atoms with Crippen LogP contribution in [-0.4, -0.2) is 23.6 Å². The SMILES string of the molecule is CNc1cc(NCC2C(C)(C)C2(C)C)nc(C(C)C)n1. The van der Waals surface area contributed by atoms with E-state index >= 15 is 0 Å². The van der Waals surface area contributed by atoms with Gasteiger partial charge in [-0.2, -0.15) is 0 Å². The Bertz CT molecular complexity index is 477. The van der Waals surface area contributed by atoms with E-state index < -0.39 is 0 Å². The summed E-state index contributed by atoms with van der Waals surface area (Å²) in [6.07, 6.45) is 0. The van der Waals surface area contributed by atoms with E-state index in [9.17, 15) is 0 Å². The Morgan fingerprint density at radius 3 is 2.10 bits per heavy atom. The van der Waals surface area contributed by atoms with Gasteiger partial charge in [0.2, 0.25) is 0 Å². The van der Waals surface area contributed by atoms with Crippen molar-refractivity contribution in [3.63, 3.8) is 0 Å². The molecule has 1 aliphatic carbocycles. The molecule has 4 nitrogen and oxygen atoms in total. The summed E-state index contributed by atoms with van der Waals surface area (Å²) in [6, 6.07) is 1.98. The van der Waals surface area contributed by atoms with Crippen LogP contribution in [-0.2, 0) is 0 Å². The van der Waals surface area contributed by atoms with Gasteiger partial charge in [-0.1, -0.05) is 41.5 Å². The summed E-state index contributed by atoms with van der Waals surface area (Å²) in [5.41, 5.74) is 0.805. The van der Waals surface area contributed by atoms with Gasteiger partial charge < -0.3 is 10.6 Å². The van der Waals surface area contributed by atoms with Crippen molar-refractivity contribution in [1.82, 2.24) is 9.97 Å². The Kier molecular flexibility index (Phi) is 3.69. The summed E-state index contributed by atoms with van der Waals surface area (Å²) in [5, 5.41) is 6.60. The lowest BCUT2D eigenvalue weighted by atomic mass is 10.0. The van der Waals surface area contributed by atoms with Crippen LogP contribution in [0.2, 0.25) is 0 Å². The van der Waals surface area contributed by atoms with Crippen LogP contribution in [0, 0.1) is 16.7 Å². The largest absolute Gasteiger partial charge is 0.373 e. The molecule has 20 heavy (non-hydrogen) atoms. The Labute approximate surface area is 122 Å². The molecule has 2 rings (SSSR count). The molecule has 0 amide bonds. The van der Waals surface area contributed by atoms with Crippen LogP contribution in [0.1, 0.15) is 53.3 Å². The summed E-state index contributed by atoms with van der Waals surface area (Å²) in [4.78, 5) is 9.10. The van der Waals surface area contributed by atoms with E-state index in [1.807, 2.05) is 13.1 Å². The smallest absolute Gasteiger partial charge is 0.135 e. The predicted molar refractivity (Wildman–Crippen MR) is 85.2 cm³/mol. The minimum atomic E-state index is 0.331. The molecule has 0 radical (unpaired) electrons. The highest BCUT2D eigenvalue weighted by Gasteiger charge is 2.64. The van der Waals surface area contributed by atoms with Gasteiger partial charge in [0.25, 0.3) is 0 Å². The van der Waals surface area contributed by atoms with E-state index in [-0.39, 0.29) is 0 Å². The fourth-order valence-corrected chi connectivity index (χ4v) is 2.99. The molecule has 1 aromatic rings. The lowest BCUT2D eigenvalue weighted by Crippen LogP contribution is -2.12. The Hall–Kier alpha value is -1.32. The van der Waals surface area contributed by atoms with Gasteiger partial charge in [0.15, 0.2) is 0 Å². The molecule has 1 fully saturated rings. The van der Waals surface area contributed by atoms with E-state index in [1.165, 1.54) is 0 Å². The third-order valence-corrected chi connectivity index (χ3v) is 5.32. The monoisotopic (exact) mass is 276 g/mol. The number of hydrogen-bond donors (Lipinski definition) is 2. The molecule has 0 saturated heterocycles. The summed E-state index contributed by atoms with van der Waals surface area (Å²) in [6.45, 7) is 14.6. The first-order chi connectivity index (χ1) is 9.20. The number of nitrogens with zero attached hydrogens (tertiary/aromatic N) is 2. The molecule has 1 saturated carbocycles. The molecule has 1 aliphatic rings. The molecule has 0 spiro atoms. The Morgan fingerprint density at radius 1 is 1.10 bits per heavy atom. The predicted octanol–water partition coefficient (Wildman–Crippen LogP) is 3.74. The lowest BCUT2D eigenvalue weighted by Gasteiger charge is -2.12. The van der Waals surface area contributed by atoms with E-state index in [4.69, 9.17) is 0 Å². The average Bonchev–Trinajstić information content (AvgIpc) is 2.76. The maximum absolute atomic E-state index is 4.61. The summed E-state index contributed by atoms with van der Waals surface area (Å²) in [7, 11) is 1.89. The van der Waals surface area contributed by atoms with Crippen molar-refractivity contribution in [1.29, 1.82) is 0 Å². The molecule has 2 N–H and O–H groups in total. The molecule has 4 heteroatoms. The fourth-order valence-electron chi connectivity index (χ4n) is 2.99. The van der Waals surface area contributed by atoms with Crippen molar-refractivity contribution >= 4 is 11.6 Å². The maximum Gasteiger partial charge on any atom is 0.135 e. The Balaban J connectivity index is 2.09. The van der Waals surface area contributed by atoms with Gasteiger partial charge in [0.1, 0.15) is 17.5 Å². The van der Waals surface area contributed by atoms with Crippen LogP contribution in [0.15, 0.2) is 6.07 Å². The summed E-state index contributed by atoms with van der Waals surface area (Å²) in [5.74, 6) is 3.70. The highest BCUT2D eigenvalue weighted by Crippen LogP contribution is 2.68. The molecule has 0 aliphatic heterocycles. The van der Waals surface area contributed by atoms with E-state index in [0.717, 1.165) is 24.0 Å². The Morgan fingerprint density at radius 2 is 1.65 bits per heavy atom. The first-order valence-corrected chi connectivity index (χ1v) is 7.50. The van der Waals surface area contributed by atoms with Crippen molar-refractivity contribution < 1.29 is 0 Å². The highest BCUT2D eigenvalue weighted by atomic mass is 15.1. The molecular weight excluding hydrogens is 248 g/mol. The number of hydrogen-bond acceptors (Lipinski definition) is 4. The molecule has 0 atom stereocenters. The highest BCUT2D eigenvalue weighted by molar-refractivity contribution is 5.47. The molecular formula is C16H28N4. The van der Waals surface area contributed by atoms with E-state index in [1.54, 1.807) is 0 Å². The standard InChI is InChI=1S/C16H28N4/c1-10(2)14-19-12(17-7)8-13(20-14)18-9-11-15(3,4)16(11,5)6/h8,10-11H,9H2,1-7H3,(H2,17,18,19,20). The summed E-state index contributed by atoms with van der Waals surface area (Å²) >= 11 is 0. The van der Waals surface area contributed by atoms with Crippen molar-refractivity contribution in [3.05, 3.63) is 11.9 Å². The number of anilines is 2. The van der Waals surface area contributed by atoms with E-state index in [2.05, 4.69) is 62.1 Å². The second-order valence-corrected chi connectivity index (χ2v) is 7.28. The minimum absolute atomic E-state index is 0.331. The lowest BCUT2D eigenvalue weighted by molar-refractivity contribution is 0.457. The van der Waals surface area contributed by atoms with Crippen LogP contribution < -0.4 is 10.6 Å². The molecule has 0 aromatic carbocycles. The van der Waals surface area contributed by atoms with Crippen molar-refractivity contribution in [2.24, 2.45) is 16.7 Å². The van der Waals surface area contributed by atoms with Gasteiger partial charge >= 0.3 is 0 Å². The third kappa shape index (κ3) is 2.48. The average molecular weight is 276 g/mol. The molecule has 0 bridgehead atoms. The zero-order chi connectivity index (χ0) is 15.1. The third-order valence-electron chi connectivity index (χ3n) is 5.32. The van der Waals surface area contributed by atoms with Crippen molar-refractivity contribution in [3.8, 4) is 0 Å². The zero-order valence-corrected chi connectivity index (χ0v) is 13.8. The number of nitrogens with one attached hydrogen (secondary N) is 2. The molecule has 1 heterocycles. The second-order valence-electron chi connectivity index (χ2n) is 7.28. The van der Waals surface area contributed by atoms with Crippen LogP contribution in [0.5, 0.6) is 0 Å². The normalized spacial score (nSPS) is 20.0. The first kappa shape index (κ1) is 15.1. The molecule has 1 aromatic heterocycles. The van der Waals surface area contributed by atoms with Crippen molar-refractivity contribution in [2.75, 3.05) is 24.2 Å². The van der Waals surface area contributed by atoms with Gasteiger partial charge in [-0.15, -0.1) is 0 Å². The van der Waals surface area contributed by atoms with Crippen LogP contribution in [0.4, 0.5) is 11.6 Å². The van der Waals surface area contributed by atoms with Crippen LogP contribution >= 0.6 is 0 Å². The number of aromatic nitrogens is 2. The summed E-state index contributed by atoms with van der Waals surface area (Å²) < 4.78 is 0. The van der Waals surface area contributed by atoms with E-state index in [0.29, 0.717) is 22.7 Å².